The maximum Gasteiger partial charge on any atom is 0.276 e. The Hall–Kier alpha value is -2.83. The SMILES string of the molecule is COc1cccc(-c2cc(C(=O)N(CCC(=O)N3CCCCC3)C3CC3)no2)c1. The predicted molar refractivity (Wildman–Crippen MR) is 108 cm³/mol. The summed E-state index contributed by atoms with van der Waals surface area (Å²) in [6.45, 7) is 2.10. The number of rotatable bonds is 7. The zero-order valence-corrected chi connectivity index (χ0v) is 16.8. The van der Waals surface area contributed by atoms with Crippen LogP contribution in [0.15, 0.2) is 34.9 Å². The van der Waals surface area contributed by atoms with Crippen LogP contribution in [0.1, 0.15) is 49.0 Å². The van der Waals surface area contributed by atoms with E-state index in [0.717, 1.165) is 44.3 Å². The lowest BCUT2D eigenvalue weighted by Gasteiger charge is -2.28. The first-order chi connectivity index (χ1) is 14.2. The fourth-order valence-corrected chi connectivity index (χ4v) is 3.79. The number of hydrogen-bond donors (Lipinski definition) is 0. The Morgan fingerprint density at radius 2 is 2.00 bits per heavy atom. The predicted octanol–water partition coefficient (Wildman–Crippen LogP) is 3.36. The Morgan fingerprint density at radius 1 is 1.21 bits per heavy atom. The molecule has 2 fully saturated rings. The molecule has 1 aromatic carbocycles. The molecule has 7 nitrogen and oxygen atoms in total. The van der Waals surface area contributed by atoms with Crippen LogP contribution in [0, 0.1) is 0 Å². The first-order valence-electron chi connectivity index (χ1n) is 10.4. The monoisotopic (exact) mass is 397 g/mol. The van der Waals surface area contributed by atoms with Gasteiger partial charge in [0, 0.05) is 43.7 Å². The highest BCUT2D eigenvalue weighted by molar-refractivity contribution is 5.94. The third-order valence-electron chi connectivity index (χ3n) is 5.61. The molecule has 0 radical (unpaired) electrons. The van der Waals surface area contributed by atoms with Crippen molar-refractivity contribution in [2.45, 2.75) is 44.6 Å². The van der Waals surface area contributed by atoms with Crippen LogP contribution in [0.2, 0.25) is 0 Å². The number of likely N-dealkylation sites (tertiary alicyclic amines) is 1. The molecule has 2 heterocycles. The zero-order valence-electron chi connectivity index (χ0n) is 16.8. The number of ether oxygens (including phenoxy) is 1. The van der Waals surface area contributed by atoms with E-state index >= 15 is 0 Å². The first-order valence-corrected chi connectivity index (χ1v) is 10.4. The van der Waals surface area contributed by atoms with E-state index in [0.29, 0.717) is 24.5 Å². The molecule has 4 rings (SSSR count). The minimum atomic E-state index is -0.170. The average molecular weight is 397 g/mol. The number of piperidine rings is 1. The maximum atomic E-state index is 13.0. The topological polar surface area (TPSA) is 75.9 Å². The molecule has 2 aliphatic rings. The van der Waals surface area contributed by atoms with Gasteiger partial charge in [-0.05, 0) is 44.2 Å². The Labute approximate surface area is 170 Å². The van der Waals surface area contributed by atoms with E-state index in [2.05, 4.69) is 5.16 Å². The number of hydrogen-bond acceptors (Lipinski definition) is 5. The molecule has 2 aromatic rings. The lowest BCUT2D eigenvalue weighted by molar-refractivity contribution is -0.132. The summed E-state index contributed by atoms with van der Waals surface area (Å²) in [5.41, 5.74) is 1.08. The summed E-state index contributed by atoms with van der Waals surface area (Å²) in [6, 6.07) is 9.30. The van der Waals surface area contributed by atoms with Gasteiger partial charge in [-0.3, -0.25) is 9.59 Å². The molecular formula is C22H27N3O4. The van der Waals surface area contributed by atoms with Gasteiger partial charge in [0.2, 0.25) is 5.91 Å². The smallest absolute Gasteiger partial charge is 0.276 e. The van der Waals surface area contributed by atoms with E-state index in [1.165, 1.54) is 6.42 Å². The Bertz CT molecular complexity index is 868. The first kappa shape index (κ1) is 19.5. The molecule has 1 saturated heterocycles. The number of carbonyl (C=O) groups excluding carboxylic acids is 2. The van der Waals surface area contributed by atoms with Crippen LogP contribution in [0.5, 0.6) is 5.75 Å². The quantitative estimate of drug-likeness (QED) is 0.716. The van der Waals surface area contributed by atoms with Gasteiger partial charge in [0.05, 0.1) is 7.11 Å². The molecule has 29 heavy (non-hydrogen) atoms. The minimum Gasteiger partial charge on any atom is -0.497 e. The van der Waals surface area contributed by atoms with E-state index in [-0.39, 0.29) is 23.6 Å². The standard InChI is InChI=1S/C22H27N3O4/c1-28-18-7-5-6-16(14-18)20-15-19(23-29-20)22(27)25(17-8-9-17)13-10-21(26)24-11-3-2-4-12-24/h5-7,14-15,17H,2-4,8-13H2,1H3. The molecule has 0 spiro atoms. The molecule has 1 saturated carbocycles. The lowest BCUT2D eigenvalue weighted by atomic mass is 10.1. The second kappa shape index (κ2) is 8.68. The summed E-state index contributed by atoms with van der Waals surface area (Å²) in [5.74, 6) is 1.20. The Morgan fingerprint density at radius 3 is 2.72 bits per heavy atom. The van der Waals surface area contributed by atoms with Gasteiger partial charge < -0.3 is 19.1 Å². The molecule has 0 N–H and O–H groups in total. The second-order valence-electron chi connectivity index (χ2n) is 7.73. The largest absolute Gasteiger partial charge is 0.497 e. The minimum absolute atomic E-state index is 0.139. The van der Waals surface area contributed by atoms with Gasteiger partial charge in [-0.1, -0.05) is 17.3 Å². The van der Waals surface area contributed by atoms with Crippen LogP contribution in [-0.4, -0.2) is 59.6 Å². The highest BCUT2D eigenvalue weighted by Gasteiger charge is 2.35. The van der Waals surface area contributed by atoms with Crippen molar-refractivity contribution < 1.29 is 18.8 Å². The number of nitrogens with zero attached hydrogens (tertiary/aromatic N) is 3. The fraction of sp³-hybridized carbons (Fsp3) is 0.500. The second-order valence-corrected chi connectivity index (χ2v) is 7.73. The van der Waals surface area contributed by atoms with E-state index in [4.69, 9.17) is 9.26 Å². The van der Waals surface area contributed by atoms with Gasteiger partial charge in [-0.25, -0.2) is 0 Å². The Kier molecular flexibility index (Phi) is 5.83. The lowest BCUT2D eigenvalue weighted by Crippen LogP contribution is -2.40. The van der Waals surface area contributed by atoms with Gasteiger partial charge in [-0.15, -0.1) is 0 Å². The number of amides is 2. The van der Waals surface area contributed by atoms with E-state index in [1.54, 1.807) is 18.1 Å². The van der Waals surface area contributed by atoms with Crippen molar-refractivity contribution in [1.82, 2.24) is 15.0 Å². The van der Waals surface area contributed by atoms with Gasteiger partial charge in [0.15, 0.2) is 11.5 Å². The number of carbonyl (C=O) groups is 2. The van der Waals surface area contributed by atoms with Crippen LogP contribution >= 0.6 is 0 Å². The molecule has 1 aliphatic heterocycles. The molecule has 0 bridgehead atoms. The maximum absolute atomic E-state index is 13.0. The Balaban J connectivity index is 1.42. The fourth-order valence-electron chi connectivity index (χ4n) is 3.79. The van der Waals surface area contributed by atoms with Gasteiger partial charge >= 0.3 is 0 Å². The normalized spacial score (nSPS) is 16.5. The highest BCUT2D eigenvalue weighted by Crippen LogP contribution is 2.30. The van der Waals surface area contributed by atoms with Crippen molar-refractivity contribution in [2.75, 3.05) is 26.7 Å². The van der Waals surface area contributed by atoms with Crippen LogP contribution in [-0.2, 0) is 4.79 Å². The molecule has 1 aromatic heterocycles. The summed E-state index contributed by atoms with van der Waals surface area (Å²) < 4.78 is 10.7. The van der Waals surface area contributed by atoms with E-state index in [1.807, 2.05) is 29.2 Å². The van der Waals surface area contributed by atoms with Gasteiger partial charge in [-0.2, -0.15) is 0 Å². The summed E-state index contributed by atoms with van der Waals surface area (Å²) in [7, 11) is 1.60. The number of benzene rings is 1. The molecule has 0 unspecified atom stereocenters. The van der Waals surface area contributed by atoms with Crippen molar-refractivity contribution in [2.24, 2.45) is 0 Å². The average Bonchev–Trinajstić information content (AvgIpc) is 3.48. The zero-order chi connectivity index (χ0) is 20.2. The highest BCUT2D eigenvalue weighted by atomic mass is 16.5. The molecular weight excluding hydrogens is 370 g/mol. The molecule has 7 heteroatoms. The molecule has 154 valence electrons. The van der Waals surface area contributed by atoms with Crippen LogP contribution < -0.4 is 4.74 Å². The van der Waals surface area contributed by atoms with Gasteiger partial charge in [0.25, 0.3) is 5.91 Å². The third-order valence-corrected chi connectivity index (χ3v) is 5.61. The summed E-state index contributed by atoms with van der Waals surface area (Å²) in [4.78, 5) is 29.2. The van der Waals surface area contributed by atoms with Crippen molar-refractivity contribution >= 4 is 11.8 Å². The van der Waals surface area contributed by atoms with E-state index in [9.17, 15) is 9.59 Å². The van der Waals surface area contributed by atoms with Crippen LogP contribution in [0.4, 0.5) is 0 Å². The summed E-state index contributed by atoms with van der Waals surface area (Å²) in [6.07, 6.45) is 5.65. The molecule has 1 aliphatic carbocycles. The third kappa shape index (κ3) is 4.60. The molecule has 0 atom stereocenters. The van der Waals surface area contributed by atoms with Crippen molar-refractivity contribution in [3.8, 4) is 17.1 Å². The van der Waals surface area contributed by atoms with Crippen molar-refractivity contribution in [3.63, 3.8) is 0 Å². The van der Waals surface area contributed by atoms with Crippen LogP contribution in [0.25, 0.3) is 11.3 Å². The number of aromatic nitrogens is 1. The van der Waals surface area contributed by atoms with Gasteiger partial charge in [0.1, 0.15) is 5.75 Å². The van der Waals surface area contributed by atoms with Crippen molar-refractivity contribution in [1.29, 1.82) is 0 Å². The van der Waals surface area contributed by atoms with Crippen LogP contribution in [0.3, 0.4) is 0 Å². The van der Waals surface area contributed by atoms with Crippen molar-refractivity contribution in [3.05, 3.63) is 36.0 Å². The summed E-state index contributed by atoms with van der Waals surface area (Å²) in [5, 5.41) is 3.99. The molecule has 2 amide bonds. The summed E-state index contributed by atoms with van der Waals surface area (Å²) >= 11 is 0. The number of methoxy groups -OCH3 is 1. The van der Waals surface area contributed by atoms with E-state index < -0.39 is 0 Å².